The number of thiophene rings is 1. The van der Waals surface area contributed by atoms with Crippen LogP contribution in [-0.2, 0) is 4.79 Å². The van der Waals surface area contributed by atoms with Gasteiger partial charge in [0.25, 0.3) is 0 Å². The van der Waals surface area contributed by atoms with E-state index < -0.39 is 0 Å². The van der Waals surface area contributed by atoms with E-state index >= 15 is 0 Å². The predicted octanol–water partition coefficient (Wildman–Crippen LogP) is 2.53. The summed E-state index contributed by atoms with van der Waals surface area (Å²) in [7, 11) is 0. The number of ketones is 1. The Morgan fingerprint density at radius 3 is 2.48 bits per heavy atom. The van der Waals surface area contributed by atoms with Gasteiger partial charge in [0.1, 0.15) is 0 Å². The lowest BCUT2D eigenvalue weighted by Crippen LogP contribution is -2.40. The molecule has 116 valence electrons. The maximum Gasteiger partial charge on any atom is 0.223 e. The van der Waals surface area contributed by atoms with Crippen LogP contribution in [0.3, 0.4) is 0 Å². The Bertz CT molecular complexity index is 516. The molecule has 1 aliphatic heterocycles. The van der Waals surface area contributed by atoms with Crippen LogP contribution in [0.5, 0.6) is 0 Å². The fourth-order valence-electron chi connectivity index (χ4n) is 2.84. The van der Waals surface area contributed by atoms with Crippen LogP contribution in [0.25, 0.3) is 0 Å². The molecule has 1 aromatic rings. The van der Waals surface area contributed by atoms with Crippen LogP contribution in [0.4, 0.5) is 0 Å². The van der Waals surface area contributed by atoms with Gasteiger partial charge in [0.2, 0.25) is 5.91 Å². The number of carbonyl (C=O) groups excluding carboxylic acids is 2. The number of nitrogens with two attached hydrogens (primary N) is 1. The summed E-state index contributed by atoms with van der Waals surface area (Å²) >= 11 is 1.63. The van der Waals surface area contributed by atoms with Gasteiger partial charge in [0.05, 0.1) is 0 Å². The van der Waals surface area contributed by atoms with Crippen LogP contribution in [0.1, 0.15) is 45.8 Å². The van der Waals surface area contributed by atoms with Gasteiger partial charge in [-0.2, -0.15) is 0 Å². The molecule has 0 radical (unpaired) electrons. The minimum atomic E-state index is 0.0852. The number of nitrogens with zero attached hydrogens (tertiary/aromatic N) is 1. The van der Waals surface area contributed by atoms with Crippen molar-refractivity contribution in [2.24, 2.45) is 11.7 Å². The normalized spacial score (nSPS) is 16.2. The van der Waals surface area contributed by atoms with Crippen molar-refractivity contribution >= 4 is 23.0 Å². The zero-order valence-electron chi connectivity index (χ0n) is 12.9. The van der Waals surface area contributed by atoms with E-state index in [1.807, 2.05) is 24.8 Å². The van der Waals surface area contributed by atoms with E-state index in [1.165, 1.54) is 0 Å². The predicted molar refractivity (Wildman–Crippen MR) is 85.7 cm³/mol. The average Bonchev–Trinajstić information content (AvgIpc) is 2.83. The second-order valence-electron chi connectivity index (χ2n) is 5.81. The zero-order valence-corrected chi connectivity index (χ0v) is 13.7. The highest BCUT2D eigenvalue weighted by molar-refractivity contribution is 7.12. The van der Waals surface area contributed by atoms with E-state index in [0.717, 1.165) is 41.2 Å². The molecule has 4 nitrogen and oxygen atoms in total. The van der Waals surface area contributed by atoms with Gasteiger partial charge >= 0.3 is 0 Å². The molecule has 1 aromatic heterocycles. The number of carbonyl (C=O) groups is 2. The lowest BCUT2D eigenvalue weighted by atomic mass is 9.96. The first-order valence-electron chi connectivity index (χ1n) is 7.59. The van der Waals surface area contributed by atoms with Gasteiger partial charge in [-0.3, -0.25) is 9.59 Å². The Labute approximate surface area is 130 Å². The first-order chi connectivity index (χ1) is 10.0. The van der Waals surface area contributed by atoms with Crippen molar-refractivity contribution in [2.75, 3.05) is 19.6 Å². The maximum absolute atomic E-state index is 12.2. The number of piperidine rings is 1. The summed E-state index contributed by atoms with van der Waals surface area (Å²) in [4.78, 5) is 28.4. The molecule has 1 aliphatic rings. The molecule has 21 heavy (non-hydrogen) atoms. The minimum absolute atomic E-state index is 0.0852. The third kappa shape index (κ3) is 4.14. The highest BCUT2D eigenvalue weighted by atomic mass is 32.1. The summed E-state index contributed by atoms with van der Waals surface area (Å²) < 4.78 is 0. The number of hydrogen-bond acceptors (Lipinski definition) is 4. The van der Waals surface area contributed by atoms with Crippen LogP contribution in [0.2, 0.25) is 0 Å². The largest absolute Gasteiger partial charge is 0.343 e. The van der Waals surface area contributed by atoms with E-state index in [2.05, 4.69) is 0 Å². The van der Waals surface area contributed by atoms with Gasteiger partial charge in [-0.25, -0.2) is 0 Å². The molecule has 2 rings (SSSR count). The first kappa shape index (κ1) is 16.2. The molecular formula is C16H24N2O2S. The molecule has 2 N–H and O–H groups in total. The van der Waals surface area contributed by atoms with Gasteiger partial charge in [0.15, 0.2) is 5.78 Å². The van der Waals surface area contributed by atoms with Gasteiger partial charge in [-0.15, -0.1) is 11.3 Å². The van der Waals surface area contributed by atoms with Crippen molar-refractivity contribution in [1.29, 1.82) is 0 Å². The second kappa shape index (κ2) is 7.18. The molecule has 0 spiro atoms. The zero-order chi connectivity index (χ0) is 15.4. The number of aryl methyl sites for hydroxylation is 2. The Balaban J connectivity index is 1.81. The summed E-state index contributed by atoms with van der Waals surface area (Å²) in [6.45, 7) is 6.24. The Hall–Kier alpha value is -1.20. The Kier molecular flexibility index (Phi) is 5.53. The van der Waals surface area contributed by atoms with Gasteiger partial charge in [0, 0.05) is 41.2 Å². The highest BCUT2D eigenvalue weighted by Gasteiger charge is 2.22. The smallest absolute Gasteiger partial charge is 0.223 e. The summed E-state index contributed by atoms with van der Waals surface area (Å²) in [5, 5.41) is 0. The fourth-order valence-corrected chi connectivity index (χ4v) is 3.78. The lowest BCUT2D eigenvalue weighted by molar-refractivity contribution is -0.132. The number of Topliss-reactive ketones (excluding diaryl/α,β-unsaturated/α-hetero) is 1. The lowest BCUT2D eigenvalue weighted by Gasteiger charge is -2.31. The average molecular weight is 308 g/mol. The molecule has 2 heterocycles. The van der Waals surface area contributed by atoms with Crippen molar-refractivity contribution in [3.63, 3.8) is 0 Å². The molecule has 0 unspecified atom stereocenters. The van der Waals surface area contributed by atoms with Gasteiger partial charge in [-0.1, -0.05) is 0 Å². The molecule has 5 heteroatoms. The molecule has 0 saturated carbocycles. The summed E-state index contributed by atoms with van der Waals surface area (Å²) in [5.74, 6) is 0.734. The highest BCUT2D eigenvalue weighted by Crippen LogP contribution is 2.23. The van der Waals surface area contributed by atoms with Crippen LogP contribution < -0.4 is 5.73 Å². The van der Waals surface area contributed by atoms with Crippen molar-refractivity contribution in [2.45, 2.75) is 39.5 Å². The number of rotatable bonds is 5. The number of hydrogen-bond donors (Lipinski definition) is 1. The van der Waals surface area contributed by atoms with Crippen LogP contribution in [0, 0.1) is 19.8 Å². The molecule has 1 saturated heterocycles. The molecule has 1 amide bonds. The van der Waals surface area contributed by atoms with E-state index in [9.17, 15) is 9.59 Å². The first-order valence-corrected chi connectivity index (χ1v) is 8.41. The van der Waals surface area contributed by atoms with Crippen molar-refractivity contribution < 1.29 is 9.59 Å². The Morgan fingerprint density at radius 1 is 1.29 bits per heavy atom. The summed E-state index contributed by atoms with van der Waals surface area (Å²) in [6.07, 6.45) is 2.60. The van der Waals surface area contributed by atoms with Crippen molar-refractivity contribution in [1.82, 2.24) is 4.90 Å². The monoisotopic (exact) mass is 308 g/mol. The SMILES string of the molecule is Cc1cc(C(=O)CCC(=O)N2CCC(CN)CC2)c(C)s1. The topological polar surface area (TPSA) is 63.4 Å². The molecule has 0 bridgehead atoms. The van der Waals surface area contributed by atoms with Crippen LogP contribution in [-0.4, -0.2) is 36.2 Å². The molecule has 0 aliphatic carbocycles. The van der Waals surface area contributed by atoms with Gasteiger partial charge < -0.3 is 10.6 Å². The van der Waals surface area contributed by atoms with Crippen molar-refractivity contribution in [3.05, 3.63) is 21.4 Å². The summed E-state index contributed by atoms with van der Waals surface area (Å²) in [6, 6.07) is 1.93. The molecular weight excluding hydrogens is 284 g/mol. The fraction of sp³-hybridized carbons (Fsp3) is 0.625. The quantitative estimate of drug-likeness (QED) is 0.850. The minimum Gasteiger partial charge on any atom is -0.343 e. The van der Waals surface area contributed by atoms with E-state index in [-0.39, 0.29) is 11.7 Å². The second-order valence-corrected chi connectivity index (χ2v) is 7.27. The third-order valence-corrected chi connectivity index (χ3v) is 5.17. The third-order valence-electron chi connectivity index (χ3n) is 4.21. The van der Waals surface area contributed by atoms with Gasteiger partial charge in [-0.05, 0) is 45.2 Å². The molecule has 0 atom stereocenters. The van der Waals surface area contributed by atoms with Crippen LogP contribution in [0.15, 0.2) is 6.07 Å². The van der Waals surface area contributed by atoms with Crippen LogP contribution >= 0.6 is 11.3 Å². The number of amides is 1. The van der Waals surface area contributed by atoms with E-state index in [1.54, 1.807) is 11.3 Å². The summed E-state index contributed by atoms with van der Waals surface area (Å²) in [5.41, 5.74) is 6.44. The standard InChI is InChI=1S/C16H24N2O2S/c1-11-9-14(12(2)21-11)15(19)3-4-16(20)18-7-5-13(10-17)6-8-18/h9,13H,3-8,10,17H2,1-2H3. The molecule has 1 fully saturated rings. The van der Waals surface area contributed by atoms with E-state index in [4.69, 9.17) is 5.73 Å². The molecule has 0 aromatic carbocycles. The Morgan fingerprint density at radius 2 is 1.95 bits per heavy atom. The number of likely N-dealkylation sites (tertiary alicyclic amines) is 1. The van der Waals surface area contributed by atoms with Crippen molar-refractivity contribution in [3.8, 4) is 0 Å². The maximum atomic E-state index is 12.2. The van der Waals surface area contributed by atoms with E-state index in [0.29, 0.717) is 25.3 Å².